The lowest BCUT2D eigenvalue weighted by Gasteiger charge is -2.40. The highest BCUT2D eigenvalue weighted by atomic mass is 16.6. The van der Waals surface area contributed by atoms with E-state index in [0.29, 0.717) is 30.2 Å². The molecule has 1 aliphatic heterocycles. The van der Waals surface area contributed by atoms with Crippen LogP contribution in [0.15, 0.2) is 12.1 Å². The SMILES string of the molecule is COc1cc(C(C(=O)N2CCCCC2C(=O)OC2(C)CCCC2)C2CCCCC2)cc(OC)c1OC. The molecule has 0 N–H and O–H groups in total. The molecule has 0 bridgehead atoms. The second-order valence-corrected chi connectivity index (χ2v) is 11.0. The molecule has 3 aliphatic rings. The average molecular weight is 502 g/mol. The third-order valence-electron chi connectivity index (χ3n) is 8.50. The number of esters is 1. The van der Waals surface area contributed by atoms with Crippen molar-refractivity contribution in [3.63, 3.8) is 0 Å². The van der Waals surface area contributed by atoms with Gasteiger partial charge in [-0.15, -0.1) is 0 Å². The molecule has 2 saturated carbocycles. The summed E-state index contributed by atoms with van der Waals surface area (Å²) in [5, 5.41) is 0. The minimum absolute atomic E-state index is 0.0226. The lowest BCUT2D eigenvalue weighted by atomic mass is 9.75. The number of likely N-dealkylation sites (tertiary alicyclic amines) is 1. The summed E-state index contributed by atoms with van der Waals surface area (Å²) in [5.41, 5.74) is 0.463. The summed E-state index contributed by atoms with van der Waals surface area (Å²) >= 11 is 0. The molecule has 1 saturated heterocycles. The lowest BCUT2D eigenvalue weighted by molar-refractivity contribution is -0.169. The molecule has 1 amide bonds. The van der Waals surface area contributed by atoms with Crippen LogP contribution in [0.3, 0.4) is 0 Å². The van der Waals surface area contributed by atoms with Gasteiger partial charge < -0.3 is 23.8 Å². The smallest absolute Gasteiger partial charge is 0.329 e. The summed E-state index contributed by atoms with van der Waals surface area (Å²) in [4.78, 5) is 29.6. The van der Waals surface area contributed by atoms with E-state index >= 15 is 0 Å². The predicted molar refractivity (Wildman–Crippen MR) is 138 cm³/mol. The molecule has 2 unspecified atom stereocenters. The molecule has 0 aromatic heterocycles. The maximum Gasteiger partial charge on any atom is 0.329 e. The van der Waals surface area contributed by atoms with Gasteiger partial charge in [0.2, 0.25) is 11.7 Å². The highest BCUT2D eigenvalue weighted by molar-refractivity contribution is 5.89. The number of hydrogen-bond acceptors (Lipinski definition) is 6. The van der Waals surface area contributed by atoms with Crippen LogP contribution in [0.1, 0.15) is 95.5 Å². The number of carbonyl (C=O) groups is 2. The Balaban J connectivity index is 1.67. The Bertz CT molecular complexity index is 893. The van der Waals surface area contributed by atoms with Gasteiger partial charge in [0.15, 0.2) is 11.5 Å². The van der Waals surface area contributed by atoms with Gasteiger partial charge in [-0.1, -0.05) is 19.3 Å². The lowest BCUT2D eigenvalue weighted by Crippen LogP contribution is -2.52. The van der Waals surface area contributed by atoms with Crippen LogP contribution < -0.4 is 14.2 Å². The Morgan fingerprint density at radius 3 is 2.06 bits per heavy atom. The molecule has 2 atom stereocenters. The quantitative estimate of drug-likeness (QED) is 0.430. The topological polar surface area (TPSA) is 74.3 Å². The van der Waals surface area contributed by atoms with E-state index < -0.39 is 11.6 Å². The molecule has 0 spiro atoms. The van der Waals surface area contributed by atoms with E-state index in [1.165, 1.54) is 6.42 Å². The zero-order valence-electron chi connectivity index (χ0n) is 22.5. The van der Waals surface area contributed by atoms with Crippen LogP contribution in [0.5, 0.6) is 17.2 Å². The fourth-order valence-electron chi connectivity index (χ4n) is 6.52. The number of amides is 1. The van der Waals surface area contributed by atoms with E-state index in [0.717, 1.165) is 69.8 Å². The van der Waals surface area contributed by atoms with Gasteiger partial charge in [0.25, 0.3) is 0 Å². The van der Waals surface area contributed by atoms with E-state index in [2.05, 4.69) is 0 Å². The second kappa shape index (κ2) is 11.7. The van der Waals surface area contributed by atoms with Gasteiger partial charge in [-0.05, 0) is 88.3 Å². The molecule has 200 valence electrons. The summed E-state index contributed by atoms with van der Waals surface area (Å²) in [6.07, 6.45) is 11.9. The van der Waals surface area contributed by atoms with E-state index in [1.807, 2.05) is 24.0 Å². The number of methoxy groups -OCH3 is 3. The Morgan fingerprint density at radius 1 is 0.861 bits per heavy atom. The molecular formula is C29H43NO6. The van der Waals surface area contributed by atoms with Crippen LogP contribution in [0, 0.1) is 5.92 Å². The molecular weight excluding hydrogens is 458 g/mol. The standard InChI is InChI=1S/C29H43NO6/c1-29(15-9-10-16-29)36-28(32)22-14-8-11-17-30(22)27(31)25(20-12-6-5-7-13-20)21-18-23(33-2)26(35-4)24(19-21)34-3/h18-20,22,25H,5-17H2,1-4H3. The number of benzene rings is 1. The first-order valence-electron chi connectivity index (χ1n) is 13.7. The van der Waals surface area contributed by atoms with Crippen molar-refractivity contribution in [3.05, 3.63) is 17.7 Å². The highest BCUT2D eigenvalue weighted by Gasteiger charge is 2.43. The Hall–Kier alpha value is -2.44. The summed E-state index contributed by atoms with van der Waals surface area (Å²) in [7, 11) is 4.77. The Labute approximate surface area is 215 Å². The molecule has 4 rings (SSSR count). The Kier molecular flexibility index (Phi) is 8.68. The zero-order valence-corrected chi connectivity index (χ0v) is 22.5. The fourth-order valence-corrected chi connectivity index (χ4v) is 6.52. The summed E-state index contributed by atoms with van der Waals surface area (Å²) in [5.74, 6) is 1.24. The third-order valence-corrected chi connectivity index (χ3v) is 8.50. The van der Waals surface area contributed by atoms with Crippen LogP contribution in [0.25, 0.3) is 0 Å². The fraction of sp³-hybridized carbons (Fsp3) is 0.724. The van der Waals surface area contributed by atoms with Crippen LogP contribution in [-0.4, -0.2) is 56.3 Å². The van der Waals surface area contributed by atoms with Crippen LogP contribution in [0.4, 0.5) is 0 Å². The molecule has 1 aromatic carbocycles. The number of ether oxygens (including phenoxy) is 4. The third kappa shape index (κ3) is 5.60. The molecule has 36 heavy (non-hydrogen) atoms. The molecule has 7 nitrogen and oxygen atoms in total. The van der Waals surface area contributed by atoms with Crippen molar-refractivity contribution in [3.8, 4) is 17.2 Å². The van der Waals surface area contributed by atoms with Crippen LogP contribution >= 0.6 is 0 Å². The predicted octanol–water partition coefficient (Wildman–Crippen LogP) is 5.63. The monoisotopic (exact) mass is 501 g/mol. The van der Waals surface area contributed by atoms with Crippen molar-refractivity contribution in [2.75, 3.05) is 27.9 Å². The number of piperidine rings is 1. The van der Waals surface area contributed by atoms with E-state index in [4.69, 9.17) is 18.9 Å². The summed E-state index contributed by atoms with van der Waals surface area (Å²) in [6, 6.07) is 3.31. The van der Waals surface area contributed by atoms with E-state index in [9.17, 15) is 9.59 Å². The molecule has 3 fully saturated rings. The maximum atomic E-state index is 14.4. The number of hydrogen-bond donors (Lipinski definition) is 0. The summed E-state index contributed by atoms with van der Waals surface area (Å²) in [6.45, 7) is 2.62. The van der Waals surface area contributed by atoms with Gasteiger partial charge in [0.1, 0.15) is 11.6 Å². The molecule has 1 heterocycles. The van der Waals surface area contributed by atoms with Crippen molar-refractivity contribution in [1.82, 2.24) is 4.90 Å². The second-order valence-electron chi connectivity index (χ2n) is 11.0. The molecule has 2 aliphatic carbocycles. The normalized spacial score (nSPS) is 23.1. The number of rotatable bonds is 8. The number of nitrogens with zero attached hydrogens (tertiary/aromatic N) is 1. The number of carbonyl (C=O) groups excluding carboxylic acids is 2. The maximum absolute atomic E-state index is 14.4. The first-order valence-corrected chi connectivity index (χ1v) is 13.7. The van der Waals surface area contributed by atoms with Crippen molar-refractivity contribution in [2.45, 2.75) is 102 Å². The first-order chi connectivity index (χ1) is 17.4. The van der Waals surface area contributed by atoms with Crippen LogP contribution in [0.2, 0.25) is 0 Å². The summed E-state index contributed by atoms with van der Waals surface area (Å²) < 4.78 is 22.8. The average Bonchev–Trinajstić information content (AvgIpc) is 3.34. The van der Waals surface area contributed by atoms with Crippen LogP contribution in [-0.2, 0) is 14.3 Å². The highest BCUT2D eigenvalue weighted by Crippen LogP contribution is 2.45. The van der Waals surface area contributed by atoms with Gasteiger partial charge in [0.05, 0.1) is 27.2 Å². The molecule has 7 heteroatoms. The Morgan fingerprint density at radius 2 is 1.47 bits per heavy atom. The van der Waals surface area contributed by atoms with Crippen molar-refractivity contribution in [2.24, 2.45) is 5.92 Å². The largest absolute Gasteiger partial charge is 0.493 e. The van der Waals surface area contributed by atoms with Gasteiger partial charge in [-0.25, -0.2) is 4.79 Å². The van der Waals surface area contributed by atoms with E-state index in [-0.39, 0.29) is 23.7 Å². The van der Waals surface area contributed by atoms with Gasteiger partial charge in [-0.3, -0.25) is 4.79 Å². The molecule has 0 radical (unpaired) electrons. The van der Waals surface area contributed by atoms with Crippen molar-refractivity contribution in [1.29, 1.82) is 0 Å². The minimum Gasteiger partial charge on any atom is -0.493 e. The van der Waals surface area contributed by atoms with Crippen molar-refractivity contribution >= 4 is 11.9 Å². The molecule has 1 aromatic rings. The van der Waals surface area contributed by atoms with Gasteiger partial charge in [0, 0.05) is 6.54 Å². The zero-order chi connectivity index (χ0) is 25.7. The van der Waals surface area contributed by atoms with Crippen molar-refractivity contribution < 1.29 is 28.5 Å². The van der Waals surface area contributed by atoms with Gasteiger partial charge in [-0.2, -0.15) is 0 Å². The van der Waals surface area contributed by atoms with Gasteiger partial charge >= 0.3 is 5.97 Å². The minimum atomic E-state index is -0.517. The van der Waals surface area contributed by atoms with E-state index in [1.54, 1.807) is 21.3 Å². The first kappa shape index (κ1) is 26.6.